The normalized spacial score (nSPS) is 13.6. The van der Waals surface area contributed by atoms with Crippen LogP contribution < -0.4 is 16.0 Å². The van der Waals surface area contributed by atoms with E-state index in [2.05, 4.69) is 16.0 Å². The van der Waals surface area contributed by atoms with E-state index in [9.17, 15) is 48.6 Å². The molecule has 0 radical (unpaired) electrons. The molecule has 14 nitrogen and oxygen atoms in total. The van der Waals surface area contributed by atoms with Crippen molar-refractivity contribution in [3.05, 3.63) is 0 Å². The number of carboxylic acid groups (broad SMARTS) is 3. The van der Waals surface area contributed by atoms with E-state index in [0.29, 0.717) is 19.4 Å². The zero-order valence-electron chi connectivity index (χ0n) is 24.6. The summed E-state index contributed by atoms with van der Waals surface area (Å²) in [5.41, 5.74) is 0. The first-order chi connectivity index (χ1) is 19.7. The molecule has 0 aromatic carbocycles. The van der Waals surface area contributed by atoms with Crippen LogP contribution in [0.25, 0.3) is 0 Å². The third-order valence-electron chi connectivity index (χ3n) is 6.82. The van der Waals surface area contributed by atoms with Crippen molar-refractivity contribution in [2.45, 2.75) is 110 Å². The van der Waals surface area contributed by atoms with E-state index in [4.69, 9.17) is 5.11 Å². The van der Waals surface area contributed by atoms with Gasteiger partial charge in [-0.25, -0.2) is 9.59 Å². The Hall–Kier alpha value is -3.84. The van der Waals surface area contributed by atoms with Gasteiger partial charge in [0, 0.05) is 51.5 Å². The molecular formula is C28H45N3O11. The van der Waals surface area contributed by atoms with Gasteiger partial charge in [-0.15, -0.1) is 0 Å². The summed E-state index contributed by atoms with van der Waals surface area (Å²) in [5, 5.41) is 35.1. The van der Waals surface area contributed by atoms with E-state index in [1.54, 1.807) is 0 Å². The van der Waals surface area contributed by atoms with Crippen LogP contribution in [0.15, 0.2) is 0 Å². The van der Waals surface area contributed by atoms with Crippen LogP contribution in [-0.4, -0.2) is 81.1 Å². The van der Waals surface area contributed by atoms with Crippen molar-refractivity contribution in [1.82, 2.24) is 16.0 Å². The Morgan fingerprint density at radius 2 is 1.21 bits per heavy atom. The molecule has 0 aromatic heterocycles. The fraction of sp³-hybridized carbons (Fsp3) is 0.714. The van der Waals surface area contributed by atoms with Crippen LogP contribution in [0.3, 0.4) is 0 Å². The van der Waals surface area contributed by atoms with Gasteiger partial charge in [0.05, 0.1) is 5.92 Å². The maximum atomic E-state index is 12.3. The second kappa shape index (κ2) is 20.9. The summed E-state index contributed by atoms with van der Waals surface area (Å²) in [6.07, 6.45) is 1.45. The Kier molecular flexibility index (Phi) is 19.0. The molecule has 4 atom stereocenters. The lowest BCUT2D eigenvalue weighted by molar-refractivity contribution is -0.145. The molecule has 0 aliphatic carbocycles. The van der Waals surface area contributed by atoms with Crippen molar-refractivity contribution >= 4 is 47.2 Å². The average molecular weight is 600 g/mol. The number of aliphatic carboxylic acids is 3. The topological polar surface area (TPSA) is 233 Å². The number of amides is 3. The highest BCUT2D eigenvalue weighted by molar-refractivity contribution is 5.87. The number of carboxylic acids is 3. The van der Waals surface area contributed by atoms with Crippen LogP contribution in [0.1, 0.15) is 97.8 Å². The second-order valence-electron chi connectivity index (χ2n) is 10.2. The molecule has 0 rings (SSSR count). The predicted molar refractivity (Wildman–Crippen MR) is 149 cm³/mol. The van der Waals surface area contributed by atoms with Crippen molar-refractivity contribution in [1.29, 1.82) is 0 Å². The SMILES string of the molecule is CCC(=O)[C@@H](CC)CCCCNC(=O)CC[C@H](NC(=O)CC[C@H](CC(=O)CC[C@H](NC(C)=O)C(=O)O)C(=O)O)C(=O)O. The molecule has 0 spiro atoms. The summed E-state index contributed by atoms with van der Waals surface area (Å²) >= 11 is 0. The van der Waals surface area contributed by atoms with Gasteiger partial charge in [0.15, 0.2) is 0 Å². The lowest BCUT2D eigenvalue weighted by Gasteiger charge is -2.16. The molecule has 0 saturated heterocycles. The van der Waals surface area contributed by atoms with Gasteiger partial charge in [0.2, 0.25) is 17.7 Å². The molecule has 14 heteroatoms. The van der Waals surface area contributed by atoms with Crippen LogP contribution in [0.4, 0.5) is 0 Å². The van der Waals surface area contributed by atoms with E-state index < -0.39 is 59.9 Å². The lowest BCUT2D eigenvalue weighted by Crippen LogP contribution is -2.42. The van der Waals surface area contributed by atoms with Gasteiger partial charge in [-0.05, 0) is 38.5 Å². The van der Waals surface area contributed by atoms with Gasteiger partial charge in [-0.3, -0.25) is 28.8 Å². The van der Waals surface area contributed by atoms with Crippen LogP contribution in [0, 0.1) is 11.8 Å². The predicted octanol–water partition coefficient (Wildman–Crippen LogP) is 1.44. The van der Waals surface area contributed by atoms with E-state index in [1.807, 2.05) is 13.8 Å². The number of Topliss-reactive ketones (excluding diaryl/α,β-unsaturated/α-hetero) is 2. The molecule has 0 aliphatic heterocycles. The first-order valence-corrected chi connectivity index (χ1v) is 14.3. The number of unbranched alkanes of at least 4 members (excludes halogenated alkanes) is 1. The highest BCUT2D eigenvalue weighted by atomic mass is 16.4. The van der Waals surface area contributed by atoms with Crippen LogP contribution in [0.2, 0.25) is 0 Å². The van der Waals surface area contributed by atoms with Crippen molar-refractivity contribution < 1.29 is 53.7 Å². The van der Waals surface area contributed by atoms with Crippen molar-refractivity contribution in [2.24, 2.45) is 11.8 Å². The maximum Gasteiger partial charge on any atom is 0.326 e. The molecule has 0 unspecified atom stereocenters. The monoisotopic (exact) mass is 599 g/mol. The molecular weight excluding hydrogens is 554 g/mol. The first kappa shape index (κ1) is 38.2. The number of hydrogen-bond acceptors (Lipinski definition) is 8. The van der Waals surface area contributed by atoms with E-state index in [0.717, 1.165) is 26.2 Å². The zero-order chi connectivity index (χ0) is 32.2. The minimum absolute atomic E-state index is 0.0182. The smallest absolute Gasteiger partial charge is 0.326 e. The lowest BCUT2D eigenvalue weighted by atomic mass is 9.93. The molecule has 0 heterocycles. The van der Waals surface area contributed by atoms with Gasteiger partial charge in [0.25, 0.3) is 0 Å². The number of rotatable bonds is 24. The molecule has 0 bridgehead atoms. The Labute approximate surface area is 245 Å². The third kappa shape index (κ3) is 17.1. The Morgan fingerprint density at radius 3 is 1.74 bits per heavy atom. The molecule has 0 aliphatic rings. The van der Waals surface area contributed by atoms with Crippen LogP contribution >= 0.6 is 0 Å². The number of carbonyl (C=O) groups is 8. The summed E-state index contributed by atoms with van der Waals surface area (Å²) in [4.78, 5) is 93.9. The second-order valence-corrected chi connectivity index (χ2v) is 10.2. The number of carbonyl (C=O) groups excluding carboxylic acids is 5. The Balaban J connectivity index is 4.60. The number of hydrogen-bond donors (Lipinski definition) is 6. The van der Waals surface area contributed by atoms with Crippen LogP contribution in [-0.2, 0) is 38.4 Å². The van der Waals surface area contributed by atoms with E-state index in [-0.39, 0.29) is 56.1 Å². The molecule has 238 valence electrons. The maximum absolute atomic E-state index is 12.3. The number of nitrogens with one attached hydrogen (secondary N) is 3. The summed E-state index contributed by atoms with van der Waals surface area (Å²) in [6, 6.07) is -2.67. The van der Waals surface area contributed by atoms with Crippen molar-refractivity contribution in [2.75, 3.05) is 6.54 Å². The standard InChI is InChI=1S/C28H45N3O11/c1-4-18(23(34)5-2)8-6-7-15-29-24(35)14-12-22(28(41)42)31-25(36)13-9-19(26(37)38)16-20(33)10-11-21(27(39)40)30-17(3)32/h18-19,21-22H,4-16H2,1-3H3,(H,29,35)(H,30,32)(H,31,36)(H,37,38)(H,39,40)(H,41,42)/t18-,19+,21-,22-/m0/s1. The zero-order valence-corrected chi connectivity index (χ0v) is 24.6. The Morgan fingerprint density at radius 1 is 0.643 bits per heavy atom. The molecule has 6 N–H and O–H groups in total. The van der Waals surface area contributed by atoms with Crippen molar-refractivity contribution in [3.8, 4) is 0 Å². The molecule has 0 saturated carbocycles. The molecule has 42 heavy (non-hydrogen) atoms. The van der Waals surface area contributed by atoms with Gasteiger partial charge in [0.1, 0.15) is 23.7 Å². The van der Waals surface area contributed by atoms with Gasteiger partial charge >= 0.3 is 17.9 Å². The fourth-order valence-electron chi connectivity index (χ4n) is 4.32. The highest BCUT2D eigenvalue weighted by Gasteiger charge is 2.26. The highest BCUT2D eigenvalue weighted by Crippen LogP contribution is 2.16. The minimum Gasteiger partial charge on any atom is -0.481 e. The summed E-state index contributed by atoms with van der Waals surface area (Å²) in [6.45, 7) is 5.29. The van der Waals surface area contributed by atoms with Gasteiger partial charge < -0.3 is 31.3 Å². The summed E-state index contributed by atoms with van der Waals surface area (Å²) in [5.74, 6) is -7.36. The third-order valence-corrected chi connectivity index (χ3v) is 6.82. The minimum atomic E-state index is -1.37. The van der Waals surface area contributed by atoms with E-state index >= 15 is 0 Å². The molecule has 0 fully saturated rings. The van der Waals surface area contributed by atoms with Gasteiger partial charge in [-0.2, -0.15) is 0 Å². The quantitative estimate of drug-likeness (QED) is 0.0868. The largest absolute Gasteiger partial charge is 0.481 e. The fourth-order valence-corrected chi connectivity index (χ4v) is 4.32. The van der Waals surface area contributed by atoms with E-state index in [1.165, 1.54) is 0 Å². The average Bonchev–Trinajstić information content (AvgIpc) is 2.91. The number of ketones is 2. The first-order valence-electron chi connectivity index (χ1n) is 14.3. The summed E-state index contributed by atoms with van der Waals surface area (Å²) in [7, 11) is 0. The van der Waals surface area contributed by atoms with Gasteiger partial charge in [-0.1, -0.05) is 20.3 Å². The van der Waals surface area contributed by atoms with Crippen LogP contribution in [0.5, 0.6) is 0 Å². The summed E-state index contributed by atoms with van der Waals surface area (Å²) < 4.78 is 0. The van der Waals surface area contributed by atoms with Crippen molar-refractivity contribution in [3.63, 3.8) is 0 Å². The Bertz CT molecular complexity index is 967. The molecule has 0 aromatic rings. The molecule has 3 amide bonds.